The van der Waals surface area contributed by atoms with Gasteiger partial charge in [-0.1, -0.05) is 11.6 Å². The number of halogens is 1. The Labute approximate surface area is 196 Å². The molecule has 3 aromatic rings. The zero-order valence-corrected chi connectivity index (χ0v) is 19.1. The van der Waals surface area contributed by atoms with Crippen LogP contribution in [-0.4, -0.2) is 44.4 Å². The molecule has 1 aromatic carbocycles. The third-order valence-electron chi connectivity index (χ3n) is 5.45. The van der Waals surface area contributed by atoms with E-state index in [1.807, 2.05) is 17.7 Å². The van der Waals surface area contributed by atoms with Gasteiger partial charge in [-0.15, -0.1) is 0 Å². The van der Waals surface area contributed by atoms with Gasteiger partial charge in [-0.2, -0.15) is 0 Å². The molecule has 1 fully saturated rings. The Balaban J connectivity index is 1.71. The summed E-state index contributed by atoms with van der Waals surface area (Å²) >= 11 is 6.28. The highest BCUT2D eigenvalue weighted by molar-refractivity contribution is 6.46. The van der Waals surface area contributed by atoms with Crippen LogP contribution in [0, 0.1) is 6.92 Å². The van der Waals surface area contributed by atoms with Gasteiger partial charge in [0.25, 0.3) is 11.7 Å². The van der Waals surface area contributed by atoms with Crippen LogP contribution in [0.1, 0.15) is 36.5 Å². The monoisotopic (exact) mass is 469 g/mol. The number of Topliss-reactive ketones (excluding diaryl/α,β-unsaturated/α-hetero) is 1. The molecule has 172 valence electrons. The lowest BCUT2D eigenvalue weighted by Crippen LogP contribution is -2.31. The molecule has 33 heavy (non-hydrogen) atoms. The van der Waals surface area contributed by atoms with E-state index in [9.17, 15) is 14.7 Å². The Hall–Kier alpha value is -3.52. The molecular formula is C24H24ClN3O5. The third kappa shape index (κ3) is 4.52. The van der Waals surface area contributed by atoms with Crippen molar-refractivity contribution in [2.75, 3.05) is 13.2 Å². The molecule has 0 aliphatic carbocycles. The smallest absolute Gasteiger partial charge is 0.295 e. The van der Waals surface area contributed by atoms with Crippen LogP contribution < -0.4 is 4.74 Å². The number of likely N-dealkylation sites (tertiary alicyclic amines) is 1. The summed E-state index contributed by atoms with van der Waals surface area (Å²) in [5.74, 6) is -0.244. The summed E-state index contributed by atoms with van der Waals surface area (Å²) in [6.45, 7) is 4.98. The van der Waals surface area contributed by atoms with Crippen LogP contribution in [0.15, 0.2) is 59.0 Å². The van der Waals surface area contributed by atoms with Gasteiger partial charge in [-0.3, -0.25) is 9.59 Å². The first-order chi connectivity index (χ1) is 15.9. The van der Waals surface area contributed by atoms with E-state index in [-0.39, 0.29) is 11.3 Å². The predicted molar refractivity (Wildman–Crippen MR) is 122 cm³/mol. The van der Waals surface area contributed by atoms with Crippen molar-refractivity contribution in [2.24, 2.45) is 0 Å². The lowest BCUT2D eigenvalue weighted by atomic mass is 9.99. The number of aromatic nitrogens is 2. The summed E-state index contributed by atoms with van der Waals surface area (Å²) < 4.78 is 13.1. The number of nitrogens with zero attached hydrogens (tertiary/aromatic N) is 3. The van der Waals surface area contributed by atoms with E-state index >= 15 is 0 Å². The third-order valence-corrected chi connectivity index (χ3v) is 5.75. The van der Waals surface area contributed by atoms with Gasteiger partial charge < -0.3 is 23.7 Å². The van der Waals surface area contributed by atoms with Gasteiger partial charge in [0.1, 0.15) is 29.1 Å². The fourth-order valence-electron chi connectivity index (χ4n) is 3.93. The molecule has 0 spiro atoms. The summed E-state index contributed by atoms with van der Waals surface area (Å²) in [6.07, 6.45) is 5.79. The molecule has 4 rings (SSSR count). The van der Waals surface area contributed by atoms with Gasteiger partial charge in [0, 0.05) is 31.0 Å². The number of benzene rings is 1. The van der Waals surface area contributed by atoms with Gasteiger partial charge in [0.15, 0.2) is 0 Å². The first-order valence-corrected chi connectivity index (χ1v) is 11.0. The minimum absolute atomic E-state index is 0.0304. The Morgan fingerprint density at radius 1 is 1.24 bits per heavy atom. The molecule has 1 amide bonds. The van der Waals surface area contributed by atoms with Gasteiger partial charge in [0.05, 0.1) is 23.5 Å². The molecular weight excluding hydrogens is 446 g/mol. The summed E-state index contributed by atoms with van der Waals surface area (Å²) in [4.78, 5) is 31.5. The molecule has 9 heteroatoms. The number of ether oxygens (including phenoxy) is 1. The highest BCUT2D eigenvalue weighted by atomic mass is 35.5. The van der Waals surface area contributed by atoms with Crippen LogP contribution in [0.5, 0.6) is 5.75 Å². The first kappa shape index (κ1) is 22.7. The summed E-state index contributed by atoms with van der Waals surface area (Å²) in [5.41, 5.74) is 0.283. The van der Waals surface area contributed by atoms with Gasteiger partial charge in [-0.25, -0.2) is 4.98 Å². The van der Waals surface area contributed by atoms with E-state index in [0.717, 1.165) is 0 Å². The lowest BCUT2D eigenvalue weighted by molar-refractivity contribution is -0.140. The highest BCUT2D eigenvalue weighted by Gasteiger charge is 2.47. The van der Waals surface area contributed by atoms with Crippen molar-refractivity contribution < 1.29 is 23.8 Å². The van der Waals surface area contributed by atoms with Crippen molar-refractivity contribution in [3.8, 4) is 5.75 Å². The maximum absolute atomic E-state index is 13.0. The summed E-state index contributed by atoms with van der Waals surface area (Å²) in [6, 6.07) is 7.37. The average Bonchev–Trinajstić information content (AvgIpc) is 3.52. The molecule has 2 aromatic heterocycles. The van der Waals surface area contributed by atoms with E-state index in [2.05, 4.69) is 4.98 Å². The number of hydrogen-bond donors (Lipinski definition) is 1. The zero-order valence-electron chi connectivity index (χ0n) is 18.3. The maximum atomic E-state index is 13.0. The number of imidazole rings is 1. The Morgan fingerprint density at radius 2 is 2.06 bits per heavy atom. The normalized spacial score (nSPS) is 17.7. The number of carbonyl (C=O) groups is 2. The van der Waals surface area contributed by atoms with Crippen LogP contribution in [0.2, 0.25) is 5.02 Å². The van der Waals surface area contributed by atoms with Crippen molar-refractivity contribution in [1.29, 1.82) is 0 Å². The molecule has 1 N–H and O–H groups in total. The molecule has 0 bridgehead atoms. The van der Waals surface area contributed by atoms with E-state index in [1.165, 1.54) is 11.0 Å². The van der Waals surface area contributed by atoms with E-state index in [1.54, 1.807) is 43.7 Å². The second-order valence-electron chi connectivity index (χ2n) is 7.67. The van der Waals surface area contributed by atoms with Gasteiger partial charge >= 0.3 is 0 Å². The average molecular weight is 470 g/mol. The van der Waals surface area contributed by atoms with Gasteiger partial charge in [0.2, 0.25) is 0 Å². The van der Waals surface area contributed by atoms with Crippen molar-refractivity contribution in [2.45, 2.75) is 32.9 Å². The van der Waals surface area contributed by atoms with Crippen molar-refractivity contribution in [3.63, 3.8) is 0 Å². The van der Waals surface area contributed by atoms with Crippen molar-refractivity contribution >= 4 is 29.1 Å². The number of hydrogen-bond acceptors (Lipinski definition) is 6. The molecule has 1 saturated heterocycles. The second-order valence-corrected chi connectivity index (χ2v) is 8.08. The Kier molecular flexibility index (Phi) is 6.55. The van der Waals surface area contributed by atoms with Crippen LogP contribution >= 0.6 is 11.6 Å². The highest BCUT2D eigenvalue weighted by Crippen LogP contribution is 2.41. The van der Waals surface area contributed by atoms with Crippen molar-refractivity contribution in [3.05, 3.63) is 76.7 Å². The van der Waals surface area contributed by atoms with E-state index < -0.39 is 17.7 Å². The minimum atomic E-state index is -0.841. The first-order valence-electron chi connectivity index (χ1n) is 10.6. The largest absolute Gasteiger partial charge is 0.507 e. The Morgan fingerprint density at radius 3 is 2.70 bits per heavy atom. The summed E-state index contributed by atoms with van der Waals surface area (Å²) in [5, 5.41) is 11.4. The van der Waals surface area contributed by atoms with E-state index in [4.69, 9.17) is 20.8 Å². The molecule has 1 atom stereocenters. The van der Waals surface area contributed by atoms with Crippen LogP contribution in [0.25, 0.3) is 5.76 Å². The van der Waals surface area contributed by atoms with Gasteiger partial charge in [-0.05, 0) is 50.6 Å². The van der Waals surface area contributed by atoms with Crippen LogP contribution in [0.4, 0.5) is 0 Å². The number of aliphatic hydroxyl groups is 1. The predicted octanol–water partition coefficient (Wildman–Crippen LogP) is 4.35. The van der Waals surface area contributed by atoms with E-state index in [0.29, 0.717) is 54.0 Å². The van der Waals surface area contributed by atoms with Crippen molar-refractivity contribution in [1.82, 2.24) is 14.5 Å². The zero-order chi connectivity index (χ0) is 23.5. The number of furan rings is 1. The summed E-state index contributed by atoms with van der Waals surface area (Å²) in [7, 11) is 0. The number of aryl methyl sites for hydroxylation is 2. The second kappa shape index (κ2) is 9.54. The number of carbonyl (C=O) groups excluding carboxylic acids is 2. The Bertz CT molecular complexity index is 1200. The molecule has 1 aliphatic rings. The maximum Gasteiger partial charge on any atom is 0.295 e. The lowest BCUT2D eigenvalue weighted by Gasteiger charge is -2.23. The fourth-order valence-corrected chi connectivity index (χ4v) is 4.16. The molecule has 0 saturated carbocycles. The number of aliphatic hydroxyl groups excluding tert-OH is 1. The standard InChI is InChI=1S/C24H24ClN3O5/c1-3-32-18-8-6-16(13-17(18)25)22(29)20-21(19-7-5-15(2)33-19)28(24(31)23(20)30)11-4-10-27-12-9-26-14-27/h5-9,12-14,21,29H,3-4,10-11H2,1-2H3/b22-20+/t21-/m0/s1. The number of rotatable bonds is 8. The SMILES string of the molecule is CCOc1ccc(/C(O)=C2\C(=O)C(=O)N(CCCn3ccnc3)[C@H]2c2ccc(C)o2)cc1Cl. The molecule has 3 heterocycles. The fraction of sp³-hybridized carbons (Fsp3) is 0.292. The van der Waals surface area contributed by atoms with Crippen LogP contribution in [-0.2, 0) is 16.1 Å². The minimum Gasteiger partial charge on any atom is -0.507 e. The molecule has 1 aliphatic heterocycles. The quantitative estimate of drug-likeness (QED) is 0.299. The molecule has 8 nitrogen and oxygen atoms in total. The molecule has 0 radical (unpaired) electrons. The van der Waals surface area contributed by atoms with Crippen LogP contribution in [0.3, 0.4) is 0 Å². The molecule has 0 unspecified atom stereocenters. The number of ketones is 1. The number of amides is 1. The topological polar surface area (TPSA) is 97.8 Å².